The molecule has 0 atom stereocenters. The van der Waals surface area contributed by atoms with Gasteiger partial charge in [0.25, 0.3) is 0 Å². The van der Waals surface area contributed by atoms with Gasteiger partial charge < -0.3 is 14.8 Å². The van der Waals surface area contributed by atoms with Crippen LogP contribution in [0.3, 0.4) is 0 Å². The molecule has 0 saturated carbocycles. The summed E-state index contributed by atoms with van der Waals surface area (Å²) in [5.41, 5.74) is -0.260. The maximum Gasteiger partial charge on any atom is 0.418 e. The van der Waals surface area contributed by atoms with Crippen molar-refractivity contribution in [3.05, 3.63) is 52.0 Å². The molecule has 0 aromatic heterocycles. The number of fused-ring (bicyclic) bond motifs is 1. The lowest BCUT2D eigenvalue weighted by Crippen LogP contribution is -2.30. The summed E-state index contributed by atoms with van der Waals surface area (Å²) < 4.78 is 51.0. The predicted molar refractivity (Wildman–Crippen MR) is 102 cm³/mol. The maximum absolute atomic E-state index is 13.0. The number of amides is 1. The highest BCUT2D eigenvalue weighted by molar-refractivity contribution is 9.10. The highest BCUT2D eigenvalue weighted by Crippen LogP contribution is 2.36. The topological polar surface area (TPSA) is 50.8 Å². The van der Waals surface area contributed by atoms with Crippen LogP contribution >= 0.6 is 15.9 Å². The summed E-state index contributed by atoms with van der Waals surface area (Å²) in [5.74, 6) is 0.736. The molecule has 1 N–H and O–H groups in total. The molecule has 0 unspecified atom stereocenters. The number of benzene rings is 2. The van der Waals surface area contributed by atoms with Gasteiger partial charge in [0.1, 0.15) is 13.2 Å². The molecule has 0 radical (unpaired) electrons. The summed E-state index contributed by atoms with van der Waals surface area (Å²) in [4.78, 5) is 13.9. The molecule has 0 fully saturated rings. The molecule has 2 aromatic carbocycles. The molecule has 5 nitrogen and oxygen atoms in total. The van der Waals surface area contributed by atoms with Gasteiger partial charge in [-0.25, -0.2) is 0 Å². The molecule has 0 aliphatic carbocycles. The number of ether oxygens (including phenoxy) is 2. The van der Waals surface area contributed by atoms with Gasteiger partial charge in [-0.15, -0.1) is 0 Å². The standard InChI is InChI=1S/C19H18BrF3N2O3/c1-25(10-12-8-16-17(9-14(12)20)28-7-6-27-16)11-18(26)24-15-5-3-2-4-13(15)19(21,22)23/h2-5,8-9H,6-7,10-11H2,1H3,(H,24,26). The third kappa shape index (κ3) is 4.96. The number of halogens is 4. The van der Waals surface area contributed by atoms with Crippen molar-refractivity contribution in [3.63, 3.8) is 0 Å². The van der Waals surface area contributed by atoms with Crippen molar-refractivity contribution < 1.29 is 27.4 Å². The van der Waals surface area contributed by atoms with Gasteiger partial charge in [-0.3, -0.25) is 9.69 Å². The first kappa shape index (κ1) is 20.5. The summed E-state index contributed by atoms with van der Waals surface area (Å²) in [7, 11) is 1.71. The summed E-state index contributed by atoms with van der Waals surface area (Å²) in [5, 5.41) is 2.34. The van der Waals surface area contributed by atoms with Gasteiger partial charge in [-0.1, -0.05) is 28.1 Å². The zero-order chi connectivity index (χ0) is 20.3. The van der Waals surface area contributed by atoms with Crippen molar-refractivity contribution in [1.82, 2.24) is 4.90 Å². The first-order valence-corrected chi connectivity index (χ1v) is 9.26. The second-order valence-corrected chi connectivity index (χ2v) is 7.21. The lowest BCUT2D eigenvalue weighted by molar-refractivity contribution is -0.137. The predicted octanol–water partition coefficient (Wildman–Crippen LogP) is 4.31. The van der Waals surface area contributed by atoms with Gasteiger partial charge in [0.05, 0.1) is 17.8 Å². The van der Waals surface area contributed by atoms with E-state index in [4.69, 9.17) is 9.47 Å². The van der Waals surface area contributed by atoms with Gasteiger partial charge in [-0.2, -0.15) is 13.2 Å². The normalized spacial score (nSPS) is 13.5. The van der Waals surface area contributed by atoms with E-state index in [2.05, 4.69) is 21.2 Å². The molecule has 3 rings (SSSR count). The van der Waals surface area contributed by atoms with Crippen molar-refractivity contribution >= 4 is 27.5 Å². The number of likely N-dealkylation sites (N-methyl/N-ethyl adjacent to an activating group) is 1. The molecule has 1 aliphatic rings. The van der Waals surface area contributed by atoms with Crippen LogP contribution < -0.4 is 14.8 Å². The Balaban J connectivity index is 1.64. The molecule has 1 amide bonds. The molecular weight excluding hydrogens is 441 g/mol. The highest BCUT2D eigenvalue weighted by Gasteiger charge is 2.33. The van der Waals surface area contributed by atoms with Crippen LogP contribution in [0.1, 0.15) is 11.1 Å². The van der Waals surface area contributed by atoms with Gasteiger partial charge in [-0.05, 0) is 36.9 Å². The molecule has 0 saturated heterocycles. The third-order valence-corrected chi connectivity index (χ3v) is 4.81. The highest BCUT2D eigenvalue weighted by atomic mass is 79.9. The van der Waals surface area contributed by atoms with Crippen molar-refractivity contribution in [3.8, 4) is 11.5 Å². The van der Waals surface area contributed by atoms with Crippen LogP contribution in [0.4, 0.5) is 18.9 Å². The van der Waals surface area contributed by atoms with Crippen LogP contribution in [0, 0.1) is 0 Å². The molecule has 150 valence electrons. The minimum absolute atomic E-state index is 0.0763. The fourth-order valence-corrected chi connectivity index (χ4v) is 3.30. The molecule has 9 heteroatoms. The Kier molecular flexibility index (Phi) is 6.14. The van der Waals surface area contributed by atoms with Gasteiger partial charge in [0.15, 0.2) is 11.5 Å². The second-order valence-electron chi connectivity index (χ2n) is 6.35. The third-order valence-electron chi connectivity index (χ3n) is 4.07. The van der Waals surface area contributed by atoms with Gasteiger partial charge in [0, 0.05) is 11.0 Å². The van der Waals surface area contributed by atoms with E-state index in [1.165, 1.54) is 18.2 Å². The minimum Gasteiger partial charge on any atom is -0.486 e. The van der Waals surface area contributed by atoms with E-state index in [0.29, 0.717) is 31.3 Å². The van der Waals surface area contributed by atoms with Crippen LogP contribution in [0.2, 0.25) is 0 Å². The number of para-hydroxylation sites is 1. The summed E-state index contributed by atoms with van der Waals surface area (Å²) in [6.07, 6.45) is -4.54. The Morgan fingerprint density at radius 1 is 1.18 bits per heavy atom. The number of nitrogens with zero attached hydrogens (tertiary/aromatic N) is 1. The van der Waals surface area contributed by atoms with E-state index in [-0.39, 0.29) is 12.2 Å². The van der Waals surface area contributed by atoms with Crippen LogP contribution in [0.25, 0.3) is 0 Å². The zero-order valence-corrected chi connectivity index (χ0v) is 16.6. The minimum atomic E-state index is -4.54. The number of alkyl halides is 3. The molecule has 28 heavy (non-hydrogen) atoms. The Bertz CT molecular complexity index is 874. The Labute approximate surface area is 168 Å². The number of rotatable bonds is 5. The van der Waals surface area contributed by atoms with E-state index < -0.39 is 17.6 Å². The Hall–Kier alpha value is -2.26. The molecule has 1 aliphatic heterocycles. The van der Waals surface area contributed by atoms with Crippen molar-refractivity contribution in [1.29, 1.82) is 0 Å². The average molecular weight is 459 g/mol. The van der Waals surface area contributed by atoms with E-state index in [9.17, 15) is 18.0 Å². The van der Waals surface area contributed by atoms with Crippen molar-refractivity contribution in [2.24, 2.45) is 0 Å². The Morgan fingerprint density at radius 2 is 1.82 bits per heavy atom. The average Bonchev–Trinajstić information content (AvgIpc) is 2.61. The zero-order valence-electron chi connectivity index (χ0n) is 15.0. The van der Waals surface area contributed by atoms with Crippen molar-refractivity contribution in [2.45, 2.75) is 12.7 Å². The van der Waals surface area contributed by atoms with E-state index >= 15 is 0 Å². The van der Waals surface area contributed by atoms with Gasteiger partial charge in [0.2, 0.25) is 5.91 Å². The smallest absolute Gasteiger partial charge is 0.418 e. The fourth-order valence-electron chi connectivity index (χ4n) is 2.85. The molecule has 2 aromatic rings. The van der Waals surface area contributed by atoms with Crippen molar-refractivity contribution in [2.75, 3.05) is 32.1 Å². The van der Waals surface area contributed by atoms with Crippen LogP contribution in [0.15, 0.2) is 40.9 Å². The van der Waals surface area contributed by atoms with Crippen LogP contribution in [-0.2, 0) is 17.5 Å². The van der Waals surface area contributed by atoms with E-state index in [1.54, 1.807) is 18.0 Å². The number of carbonyl (C=O) groups excluding carboxylic acids is 1. The molecule has 0 bridgehead atoms. The van der Waals surface area contributed by atoms with Gasteiger partial charge >= 0.3 is 6.18 Å². The quantitative estimate of drug-likeness (QED) is 0.725. The molecular formula is C19H18BrF3N2O3. The fraction of sp³-hybridized carbons (Fsp3) is 0.316. The monoisotopic (exact) mass is 458 g/mol. The Morgan fingerprint density at radius 3 is 2.50 bits per heavy atom. The van der Waals surface area contributed by atoms with E-state index in [1.807, 2.05) is 6.07 Å². The number of anilines is 1. The largest absolute Gasteiger partial charge is 0.486 e. The summed E-state index contributed by atoms with van der Waals surface area (Å²) in [6.45, 7) is 1.27. The van der Waals surface area contributed by atoms with Crippen LogP contribution in [-0.4, -0.2) is 37.6 Å². The summed E-state index contributed by atoms with van der Waals surface area (Å²) >= 11 is 3.47. The molecule has 0 spiro atoms. The first-order valence-electron chi connectivity index (χ1n) is 8.46. The lowest BCUT2D eigenvalue weighted by Gasteiger charge is -2.22. The number of hydrogen-bond donors (Lipinski definition) is 1. The number of hydrogen-bond acceptors (Lipinski definition) is 4. The molecule has 1 heterocycles. The number of nitrogens with one attached hydrogen (secondary N) is 1. The number of carbonyl (C=O) groups is 1. The van der Waals surface area contributed by atoms with E-state index in [0.717, 1.165) is 16.1 Å². The lowest BCUT2D eigenvalue weighted by atomic mass is 10.1. The summed E-state index contributed by atoms with van der Waals surface area (Å²) in [6, 6.07) is 8.53. The maximum atomic E-state index is 13.0. The first-order chi connectivity index (χ1) is 13.2. The van der Waals surface area contributed by atoms with Crippen LogP contribution in [0.5, 0.6) is 11.5 Å². The SMILES string of the molecule is CN(CC(=O)Nc1ccccc1C(F)(F)F)Cc1cc2c(cc1Br)OCCO2. The second kappa shape index (κ2) is 8.40.